The van der Waals surface area contributed by atoms with Crippen LogP contribution >= 0.6 is 0 Å². The van der Waals surface area contributed by atoms with Crippen LogP contribution in [-0.4, -0.2) is 16.9 Å². The van der Waals surface area contributed by atoms with E-state index in [1.807, 2.05) is 6.92 Å². The van der Waals surface area contributed by atoms with E-state index in [9.17, 15) is 4.79 Å². The molecule has 1 amide bonds. The van der Waals surface area contributed by atoms with Crippen LogP contribution in [-0.2, 0) is 11.3 Å². The molecule has 0 aliphatic carbocycles. The summed E-state index contributed by atoms with van der Waals surface area (Å²) in [6.07, 6.45) is 2.23. The molecule has 0 aromatic carbocycles. The van der Waals surface area contributed by atoms with E-state index in [1.54, 1.807) is 13.1 Å². The van der Waals surface area contributed by atoms with E-state index in [-0.39, 0.29) is 5.91 Å². The summed E-state index contributed by atoms with van der Waals surface area (Å²) in [7, 11) is 0. The first-order valence-corrected chi connectivity index (χ1v) is 4.58. The lowest BCUT2D eigenvalue weighted by atomic mass is 10.2. The van der Waals surface area contributed by atoms with Crippen LogP contribution in [0.25, 0.3) is 0 Å². The summed E-state index contributed by atoms with van der Waals surface area (Å²) in [5.74, 6) is 1.05. The first-order chi connectivity index (χ1) is 6.63. The maximum absolute atomic E-state index is 11.2. The van der Waals surface area contributed by atoms with Crippen LogP contribution in [0.5, 0.6) is 0 Å². The molecule has 3 N–H and O–H groups in total. The smallest absolute Gasteiger partial charge is 0.237 e. The van der Waals surface area contributed by atoms with Crippen molar-refractivity contribution in [3.05, 3.63) is 17.8 Å². The topological polar surface area (TPSA) is 81.2 Å². The van der Waals surface area contributed by atoms with E-state index in [2.05, 4.69) is 10.3 Å². The van der Waals surface area contributed by atoms with Gasteiger partial charge in [-0.2, -0.15) is 0 Å². The van der Waals surface area contributed by atoms with Crippen LogP contribution in [0.4, 0.5) is 0 Å². The molecule has 0 fully saturated rings. The molecular formula is C9H15N3O2. The number of nitrogens with two attached hydrogens (primary N) is 1. The SMILES string of the molecule is CCC(N)C(=O)NCc1ncc(C)o1. The molecule has 1 aromatic heterocycles. The molecule has 0 bridgehead atoms. The van der Waals surface area contributed by atoms with Crippen molar-refractivity contribution in [1.82, 2.24) is 10.3 Å². The van der Waals surface area contributed by atoms with Crippen LogP contribution in [0.15, 0.2) is 10.6 Å². The van der Waals surface area contributed by atoms with Gasteiger partial charge in [-0.3, -0.25) is 4.79 Å². The summed E-state index contributed by atoms with van der Waals surface area (Å²) in [6, 6.07) is -0.453. The van der Waals surface area contributed by atoms with Crippen molar-refractivity contribution in [3.8, 4) is 0 Å². The number of carbonyl (C=O) groups excluding carboxylic acids is 1. The second-order valence-electron chi connectivity index (χ2n) is 3.10. The lowest BCUT2D eigenvalue weighted by Gasteiger charge is -2.07. The highest BCUT2D eigenvalue weighted by atomic mass is 16.4. The molecule has 78 valence electrons. The van der Waals surface area contributed by atoms with Gasteiger partial charge in [0, 0.05) is 0 Å². The molecule has 1 heterocycles. The number of carbonyl (C=O) groups is 1. The summed E-state index contributed by atoms with van der Waals surface area (Å²) in [6.45, 7) is 3.95. The lowest BCUT2D eigenvalue weighted by molar-refractivity contribution is -0.122. The van der Waals surface area contributed by atoms with Gasteiger partial charge in [0.05, 0.1) is 18.8 Å². The van der Waals surface area contributed by atoms with E-state index in [4.69, 9.17) is 10.2 Å². The van der Waals surface area contributed by atoms with Crippen LogP contribution in [0.2, 0.25) is 0 Å². The fourth-order valence-corrected chi connectivity index (χ4v) is 0.962. The van der Waals surface area contributed by atoms with Gasteiger partial charge in [0.1, 0.15) is 5.76 Å². The molecule has 1 unspecified atom stereocenters. The second-order valence-corrected chi connectivity index (χ2v) is 3.10. The number of amides is 1. The molecule has 1 atom stereocenters. The highest BCUT2D eigenvalue weighted by molar-refractivity contribution is 5.81. The maximum Gasteiger partial charge on any atom is 0.237 e. The predicted molar refractivity (Wildman–Crippen MR) is 51.4 cm³/mol. The monoisotopic (exact) mass is 197 g/mol. The first-order valence-electron chi connectivity index (χ1n) is 4.58. The molecule has 0 spiro atoms. The van der Waals surface area contributed by atoms with Gasteiger partial charge in [-0.25, -0.2) is 4.98 Å². The minimum Gasteiger partial charge on any atom is -0.444 e. The van der Waals surface area contributed by atoms with Gasteiger partial charge in [0.2, 0.25) is 11.8 Å². The zero-order valence-electron chi connectivity index (χ0n) is 8.41. The highest BCUT2D eigenvalue weighted by Gasteiger charge is 2.11. The molecule has 5 heteroatoms. The quantitative estimate of drug-likeness (QED) is 0.729. The van der Waals surface area contributed by atoms with Gasteiger partial charge in [-0.1, -0.05) is 6.92 Å². The third-order valence-electron chi connectivity index (χ3n) is 1.86. The van der Waals surface area contributed by atoms with Gasteiger partial charge in [0.25, 0.3) is 0 Å². The zero-order chi connectivity index (χ0) is 10.6. The highest BCUT2D eigenvalue weighted by Crippen LogP contribution is 2.00. The van der Waals surface area contributed by atoms with E-state index in [1.165, 1.54) is 0 Å². The molecule has 14 heavy (non-hydrogen) atoms. The predicted octanol–water partition coefficient (Wildman–Crippen LogP) is 0.337. The fourth-order valence-electron chi connectivity index (χ4n) is 0.962. The maximum atomic E-state index is 11.2. The third-order valence-corrected chi connectivity index (χ3v) is 1.86. The molecule has 1 aromatic rings. The van der Waals surface area contributed by atoms with Crippen molar-refractivity contribution in [3.63, 3.8) is 0 Å². The summed E-state index contributed by atoms with van der Waals surface area (Å²) < 4.78 is 5.18. The van der Waals surface area contributed by atoms with Crippen molar-refractivity contribution in [2.45, 2.75) is 32.9 Å². The van der Waals surface area contributed by atoms with Crippen LogP contribution in [0, 0.1) is 6.92 Å². The van der Waals surface area contributed by atoms with Gasteiger partial charge >= 0.3 is 0 Å². The van der Waals surface area contributed by atoms with Gasteiger partial charge < -0.3 is 15.5 Å². The fraction of sp³-hybridized carbons (Fsp3) is 0.556. The number of nitrogens with one attached hydrogen (secondary N) is 1. The Bertz CT molecular complexity index is 309. The molecular weight excluding hydrogens is 182 g/mol. The van der Waals surface area contributed by atoms with Crippen LogP contribution in [0.1, 0.15) is 25.0 Å². The van der Waals surface area contributed by atoms with Gasteiger partial charge in [-0.05, 0) is 13.3 Å². The van der Waals surface area contributed by atoms with Crippen molar-refractivity contribution in [2.24, 2.45) is 5.73 Å². The van der Waals surface area contributed by atoms with E-state index in [0.717, 1.165) is 5.76 Å². The molecule has 0 aliphatic rings. The van der Waals surface area contributed by atoms with Crippen molar-refractivity contribution in [2.75, 3.05) is 0 Å². The van der Waals surface area contributed by atoms with Crippen molar-refractivity contribution >= 4 is 5.91 Å². The summed E-state index contributed by atoms with van der Waals surface area (Å²) in [4.78, 5) is 15.2. The number of oxazole rings is 1. The minimum atomic E-state index is -0.453. The number of aromatic nitrogens is 1. The summed E-state index contributed by atoms with van der Waals surface area (Å²) in [5.41, 5.74) is 5.52. The molecule has 0 saturated heterocycles. The van der Waals surface area contributed by atoms with Crippen molar-refractivity contribution < 1.29 is 9.21 Å². The van der Waals surface area contributed by atoms with Gasteiger partial charge in [0.15, 0.2) is 0 Å². The van der Waals surface area contributed by atoms with E-state index < -0.39 is 6.04 Å². The Morgan fingerprint density at radius 1 is 1.79 bits per heavy atom. The normalized spacial score (nSPS) is 12.5. The van der Waals surface area contributed by atoms with Gasteiger partial charge in [-0.15, -0.1) is 0 Å². The van der Waals surface area contributed by atoms with Crippen LogP contribution in [0.3, 0.4) is 0 Å². The first kappa shape index (κ1) is 10.7. The van der Waals surface area contributed by atoms with Crippen molar-refractivity contribution in [1.29, 1.82) is 0 Å². The molecule has 0 saturated carbocycles. The largest absolute Gasteiger partial charge is 0.444 e. The molecule has 0 radical (unpaired) electrons. The number of hydrogen-bond acceptors (Lipinski definition) is 4. The van der Waals surface area contributed by atoms with E-state index >= 15 is 0 Å². The Balaban J connectivity index is 2.37. The Morgan fingerprint density at radius 2 is 2.50 bits per heavy atom. The van der Waals surface area contributed by atoms with E-state index in [0.29, 0.717) is 18.9 Å². The number of rotatable bonds is 4. The number of hydrogen-bond donors (Lipinski definition) is 2. The summed E-state index contributed by atoms with van der Waals surface area (Å²) >= 11 is 0. The zero-order valence-corrected chi connectivity index (χ0v) is 8.41. The number of aryl methyl sites for hydroxylation is 1. The Hall–Kier alpha value is -1.36. The molecule has 1 rings (SSSR count). The lowest BCUT2D eigenvalue weighted by Crippen LogP contribution is -2.39. The Labute approximate surface area is 82.7 Å². The second kappa shape index (κ2) is 4.76. The molecule has 0 aliphatic heterocycles. The third kappa shape index (κ3) is 2.85. The average Bonchev–Trinajstić information content (AvgIpc) is 2.59. The average molecular weight is 197 g/mol. The molecule has 5 nitrogen and oxygen atoms in total. The minimum absolute atomic E-state index is 0.177. The Kier molecular flexibility index (Phi) is 3.64. The summed E-state index contributed by atoms with van der Waals surface area (Å²) in [5, 5.41) is 2.64. The van der Waals surface area contributed by atoms with Crippen LogP contribution < -0.4 is 11.1 Å². The number of nitrogens with zero attached hydrogens (tertiary/aromatic N) is 1. The standard InChI is InChI=1S/C9H15N3O2/c1-3-7(10)9(13)12-5-8-11-4-6(2)14-8/h4,7H,3,5,10H2,1-2H3,(H,12,13). The Morgan fingerprint density at radius 3 is 3.00 bits per heavy atom.